The lowest BCUT2D eigenvalue weighted by Crippen LogP contribution is -2.42. The Kier molecular flexibility index (Phi) is 3.13. The maximum atomic E-state index is 13.4. The lowest BCUT2D eigenvalue weighted by atomic mass is 9.67. The Bertz CT molecular complexity index is 993. The Balaban J connectivity index is 1.78. The number of amides is 1. The van der Waals surface area contributed by atoms with E-state index in [0.717, 1.165) is 22.3 Å². The van der Waals surface area contributed by atoms with Gasteiger partial charge in [-0.3, -0.25) is 9.59 Å². The molecule has 1 spiro atoms. The minimum atomic E-state index is -0.944. The maximum absolute atomic E-state index is 13.4. The van der Waals surface area contributed by atoms with E-state index in [1.807, 2.05) is 78.9 Å². The summed E-state index contributed by atoms with van der Waals surface area (Å²) in [7, 11) is 0. The molecule has 3 heteroatoms. The van der Waals surface area contributed by atoms with E-state index in [1.54, 1.807) is 0 Å². The molecule has 0 radical (unpaired) electrons. The van der Waals surface area contributed by atoms with Gasteiger partial charge in [-0.05, 0) is 22.3 Å². The number of ketones is 1. The van der Waals surface area contributed by atoms with Crippen LogP contribution in [-0.2, 0) is 10.2 Å². The van der Waals surface area contributed by atoms with Crippen LogP contribution in [0.2, 0.25) is 0 Å². The van der Waals surface area contributed by atoms with Crippen molar-refractivity contribution in [3.63, 3.8) is 0 Å². The number of carbonyl (C=O) groups excluding carboxylic acids is 2. The summed E-state index contributed by atoms with van der Waals surface area (Å²) in [6.07, 6.45) is 0. The molecule has 1 amide bonds. The van der Waals surface area contributed by atoms with Crippen molar-refractivity contribution in [2.45, 2.75) is 5.41 Å². The minimum Gasteiger partial charge on any atom is -0.354 e. The molecule has 1 aliphatic carbocycles. The van der Waals surface area contributed by atoms with Crippen molar-refractivity contribution >= 4 is 11.7 Å². The molecule has 3 aromatic rings. The first-order valence-corrected chi connectivity index (χ1v) is 8.81. The summed E-state index contributed by atoms with van der Waals surface area (Å²) in [5.74, 6) is -0.526. The second-order valence-electron chi connectivity index (χ2n) is 6.89. The molecule has 1 N–H and O–H groups in total. The van der Waals surface area contributed by atoms with Gasteiger partial charge in [-0.2, -0.15) is 0 Å². The average molecular weight is 339 g/mol. The molecule has 0 bridgehead atoms. The van der Waals surface area contributed by atoms with Gasteiger partial charge in [-0.1, -0.05) is 78.9 Å². The Morgan fingerprint density at radius 2 is 1.35 bits per heavy atom. The van der Waals surface area contributed by atoms with Crippen molar-refractivity contribution in [3.8, 4) is 11.1 Å². The number of benzene rings is 3. The van der Waals surface area contributed by atoms with Crippen LogP contribution in [0.4, 0.5) is 0 Å². The monoisotopic (exact) mass is 339 g/mol. The van der Waals surface area contributed by atoms with E-state index in [2.05, 4.69) is 5.32 Å². The Morgan fingerprint density at radius 1 is 0.808 bits per heavy atom. The largest absolute Gasteiger partial charge is 0.354 e. The quantitative estimate of drug-likeness (QED) is 0.726. The fourth-order valence-electron chi connectivity index (χ4n) is 4.63. The number of nitrogens with one attached hydrogen (secondary N) is 1. The van der Waals surface area contributed by atoms with Crippen LogP contribution in [0.5, 0.6) is 0 Å². The van der Waals surface area contributed by atoms with Crippen LogP contribution in [-0.4, -0.2) is 18.2 Å². The smallest absolute Gasteiger partial charge is 0.236 e. The maximum Gasteiger partial charge on any atom is 0.236 e. The van der Waals surface area contributed by atoms with Crippen molar-refractivity contribution in [3.05, 3.63) is 95.6 Å². The highest BCUT2D eigenvalue weighted by Gasteiger charge is 2.59. The molecule has 1 heterocycles. The summed E-state index contributed by atoms with van der Waals surface area (Å²) in [5.41, 5.74) is 3.67. The number of fused-ring (bicyclic) bond motifs is 5. The molecule has 0 saturated carbocycles. The summed E-state index contributed by atoms with van der Waals surface area (Å²) in [5, 5.41) is 2.98. The predicted molar refractivity (Wildman–Crippen MR) is 99.9 cm³/mol. The molecule has 1 aliphatic heterocycles. The summed E-state index contributed by atoms with van der Waals surface area (Å²) in [6.45, 7) is 0.356. The van der Waals surface area contributed by atoms with Gasteiger partial charge in [0.05, 0.1) is 5.92 Å². The van der Waals surface area contributed by atoms with Crippen molar-refractivity contribution in [2.75, 3.05) is 6.54 Å². The molecule has 0 unspecified atom stereocenters. The SMILES string of the molecule is O=C(c1ccccc1)[C@H]1CNC(=O)C12c1ccccc1-c1ccccc12. The first-order chi connectivity index (χ1) is 12.7. The van der Waals surface area contributed by atoms with E-state index >= 15 is 0 Å². The molecule has 26 heavy (non-hydrogen) atoms. The van der Waals surface area contributed by atoms with Crippen LogP contribution in [0.3, 0.4) is 0 Å². The predicted octanol–water partition coefficient (Wildman–Crippen LogP) is 3.58. The number of Topliss-reactive ketones (excluding diaryl/α,β-unsaturated/α-hetero) is 1. The fourth-order valence-corrected chi connectivity index (χ4v) is 4.63. The van der Waals surface area contributed by atoms with Gasteiger partial charge in [0.1, 0.15) is 5.41 Å². The first-order valence-electron chi connectivity index (χ1n) is 8.81. The lowest BCUT2D eigenvalue weighted by Gasteiger charge is -2.29. The zero-order valence-corrected chi connectivity index (χ0v) is 14.1. The molecule has 2 aliphatic rings. The normalized spacial score (nSPS) is 19.1. The average Bonchev–Trinajstić information content (AvgIpc) is 3.20. The highest BCUT2D eigenvalue weighted by molar-refractivity contribution is 6.11. The first kappa shape index (κ1) is 15.1. The van der Waals surface area contributed by atoms with Crippen molar-refractivity contribution in [1.29, 1.82) is 0 Å². The fraction of sp³-hybridized carbons (Fsp3) is 0.130. The summed E-state index contributed by atoms with van der Waals surface area (Å²) in [4.78, 5) is 26.6. The number of rotatable bonds is 2. The van der Waals surface area contributed by atoms with E-state index in [0.29, 0.717) is 12.1 Å². The molecule has 0 aromatic heterocycles. The third-order valence-corrected chi connectivity index (χ3v) is 5.72. The number of hydrogen-bond donors (Lipinski definition) is 1. The molecule has 1 atom stereocenters. The van der Waals surface area contributed by atoms with Crippen LogP contribution >= 0.6 is 0 Å². The molecular weight excluding hydrogens is 322 g/mol. The van der Waals surface area contributed by atoms with Gasteiger partial charge in [-0.25, -0.2) is 0 Å². The van der Waals surface area contributed by atoms with E-state index in [9.17, 15) is 9.59 Å². The Hall–Kier alpha value is -3.20. The summed E-state index contributed by atoms with van der Waals surface area (Å²) >= 11 is 0. The van der Waals surface area contributed by atoms with Gasteiger partial charge in [0.15, 0.2) is 5.78 Å². The zero-order chi connectivity index (χ0) is 17.7. The van der Waals surface area contributed by atoms with E-state index < -0.39 is 11.3 Å². The highest BCUT2D eigenvalue weighted by atomic mass is 16.2. The molecule has 1 fully saturated rings. The van der Waals surface area contributed by atoms with Crippen LogP contribution in [0.1, 0.15) is 21.5 Å². The lowest BCUT2D eigenvalue weighted by molar-refractivity contribution is -0.123. The minimum absolute atomic E-state index is 0.00968. The third-order valence-electron chi connectivity index (χ3n) is 5.72. The van der Waals surface area contributed by atoms with Crippen LogP contribution in [0.25, 0.3) is 11.1 Å². The van der Waals surface area contributed by atoms with E-state index in [1.165, 1.54) is 0 Å². The van der Waals surface area contributed by atoms with Gasteiger partial charge in [0, 0.05) is 12.1 Å². The van der Waals surface area contributed by atoms with Crippen LogP contribution < -0.4 is 5.32 Å². The molecular formula is C23H17NO2. The van der Waals surface area contributed by atoms with Gasteiger partial charge < -0.3 is 5.32 Å². The van der Waals surface area contributed by atoms with Crippen molar-refractivity contribution in [2.24, 2.45) is 5.92 Å². The molecule has 1 saturated heterocycles. The molecule has 3 aromatic carbocycles. The molecule has 5 rings (SSSR count). The summed E-state index contributed by atoms with van der Waals surface area (Å²) < 4.78 is 0. The summed E-state index contributed by atoms with van der Waals surface area (Å²) in [6, 6.07) is 25.2. The molecule has 126 valence electrons. The van der Waals surface area contributed by atoms with Crippen molar-refractivity contribution < 1.29 is 9.59 Å². The van der Waals surface area contributed by atoms with Gasteiger partial charge in [0.25, 0.3) is 0 Å². The highest BCUT2D eigenvalue weighted by Crippen LogP contribution is 2.55. The zero-order valence-electron chi connectivity index (χ0n) is 14.1. The van der Waals surface area contributed by atoms with Crippen LogP contribution in [0, 0.1) is 5.92 Å². The third kappa shape index (κ3) is 1.77. The number of hydrogen-bond acceptors (Lipinski definition) is 2. The second-order valence-corrected chi connectivity index (χ2v) is 6.89. The molecule has 3 nitrogen and oxygen atoms in total. The van der Waals surface area contributed by atoms with Gasteiger partial charge in [-0.15, -0.1) is 0 Å². The van der Waals surface area contributed by atoms with Crippen LogP contribution in [0.15, 0.2) is 78.9 Å². The topological polar surface area (TPSA) is 46.2 Å². The van der Waals surface area contributed by atoms with Crippen molar-refractivity contribution in [1.82, 2.24) is 5.32 Å². The van der Waals surface area contributed by atoms with E-state index in [-0.39, 0.29) is 11.7 Å². The van der Waals surface area contributed by atoms with E-state index in [4.69, 9.17) is 0 Å². The van der Waals surface area contributed by atoms with Gasteiger partial charge in [0.2, 0.25) is 5.91 Å². The standard InChI is InChI=1S/C23H17NO2/c25-21(15-8-2-1-3-9-15)20-14-24-22(26)23(20)18-12-6-4-10-16(18)17-11-5-7-13-19(17)23/h1-13,20H,14H2,(H,24,26)/t20-/m1/s1. The Labute approximate surface area is 151 Å². The van der Waals surface area contributed by atoms with Gasteiger partial charge >= 0.3 is 0 Å². The second kappa shape index (κ2) is 5.40. The number of carbonyl (C=O) groups is 2. The Morgan fingerprint density at radius 3 is 1.96 bits per heavy atom.